The monoisotopic (exact) mass is 1880 g/mol. The van der Waals surface area contributed by atoms with Crippen LogP contribution < -0.4 is 85.8 Å². The molecular weight excluding hydrogens is 1760 g/mol. The minimum Gasteiger partial charge on any atom is -0.496 e. The van der Waals surface area contributed by atoms with Crippen molar-refractivity contribution in [2.45, 2.75) is 200 Å². The van der Waals surface area contributed by atoms with E-state index in [2.05, 4.69) is 88.1 Å². The van der Waals surface area contributed by atoms with Gasteiger partial charge >= 0.3 is 24.0 Å². The fourth-order valence-electron chi connectivity index (χ4n) is 20.1. The van der Waals surface area contributed by atoms with E-state index in [9.17, 15) is 78.3 Å². The number of esters is 1. The van der Waals surface area contributed by atoms with Crippen molar-refractivity contribution < 1.29 is 97.3 Å². The maximum absolute atomic E-state index is 15.6. The fourth-order valence-corrected chi connectivity index (χ4v) is 22.1. The molecule has 1 aliphatic carbocycles. The average Bonchev–Trinajstić information content (AvgIpc) is 1.48. The van der Waals surface area contributed by atoms with Crippen molar-refractivity contribution in [1.82, 2.24) is 82.8 Å². The van der Waals surface area contributed by atoms with Crippen LogP contribution in [0.4, 0.5) is 22.1 Å². The molecular formula is C89H121N21O21S2. The molecule has 1 spiro atoms. The number of rotatable bonds is 43. The van der Waals surface area contributed by atoms with Gasteiger partial charge in [0.05, 0.1) is 63.4 Å². The summed E-state index contributed by atoms with van der Waals surface area (Å²) in [5.41, 5.74) is 19.1. The number of aliphatic carboxylic acids is 2. The number of aromatic amines is 2. The van der Waals surface area contributed by atoms with Crippen LogP contribution in [0.25, 0.3) is 22.1 Å². The summed E-state index contributed by atoms with van der Waals surface area (Å²) in [7, 11) is 7.09. The zero-order valence-corrected chi connectivity index (χ0v) is 76.8. The van der Waals surface area contributed by atoms with Crippen LogP contribution in [-0.4, -0.2) is 289 Å². The number of carbonyl (C=O) groups is 12. The Kier molecular flexibility index (Phi) is 33.1. The van der Waals surface area contributed by atoms with Crippen molar-refractivity contribution >= 4 is 132 Å². The van der Waals surface area contributed by atoms with E-state index in [4.69, 9.17) is 31.4 Å². The highest BCUT2D eigenvalue weighted by atomic mass is 33.1. The first-order chi connectivity index (χ1) is 63.6. The molecule has 133 heavy (non-hydrogen) atoms. The second kappa shape index (κ2) is 43.9. The molecule has 3 aromatic carbocycles. The number of amides is 9. The van der Waals surface area contributed by atoms with E-state index in [1.54, 1.807) is 14.0 Å². The van der Waals surface area contributed by atoms with E-state index in [0.29, 0.717) is 105 Å². The first-order valence-electron chi connectivity index (χ1n) is 44.8. The third-order valence-electron chi connectivity index (χ3n) is 26.5. The molecule has 720 valence electrons. The van der Waals surface area contributed by atoms with Crippen LogP contribution in [0.3, 0.4) is 0 Å². The number of nitrogens with two attached hydrogens (primary N) is 3. The highest BCUT2D eigenvalue weighted by molar-refractivity contribution is 8.76. The number of unbranched alkanes of at least 4 members (excludes halogenated alkanes) is 2. The van der Waals surface area contributed by atoms with Crippen LogP contribution in [0.2, 0.25) is 0 Å². The van der Waals surface area contributed by atoms with Gasteiger partial charge in [-0.15, -0.1) is 0 Å². The number of hydrogen-bond acceptors (Lipinski definition) is 31. The molecule has 23 N–H and O–H groups in total. The van der Waals surface area contributed by atoms with Gasteiger partial charge in [-0.25, -0.2) is 29.8 Å². The van der Waals surface area contributed by atoms with Gasteiger partial charge in [-0.2, -0.15) is 4.98 Å². The number of aliphatic hydroxyl groups is 3. The third kappa shape index (κ3) is 22.2. The molecule has 3 fully saturated rings. The van der Waals surface area contributed by atoms with Crippen LogP contribution in [0.15, 0.2) is 83.8 Å². The lowest BCUT2D eigenvalue weighted by Gasteiger charge is -2.63. The molecule has 44 heteroatoms. The number of carboxylic acids is 2. The average molecular weight is 1890 g/mol. The lowest BCUT2D eigenvalue weighted by Crippen LogP contribution is -2.82. The summed E-state index contributed by atoms with van der Waals surface area (Å²) in [6.45, 7) is 7.86. The summed E-state index contributed by atoms with van der Waals surface area (Å²) >= 11 is 0. The van der Waals surface area contributed by atoms with Gasteiger partial charge in [-0.3, -0.25) is 68.2 Å². The van der Waals surface area contributed by atoms with Gasteiger partial charge in [0, 0.05) is 132 Å². The second-order valence-corrected chi connectivity index (χ2v) is 37.7. The van der Waals surface area contributed by atoms with E-state index in [-0.39, 0.29) is 97.9 Å². The predicted molar refractivity (Wildman–Crippen MR) is 493 cm³/mol. The largest absolute Gasteiger partial charge is 0.496 e. The summed E-state index contributed by atoms with van der Waals surface area (Å²) in [6, 6.07) is 10.1. The number of carboxylic acid groups (broad SMARTS) is 2. The maximum Gasteiger partial charge on any atom is 0.426 e. The summed E-state index contributed by atoms with van der Waals surface area (Å²) in [5.74, 6) is -9.59. The Hall–Kier alpha value is -11.8. The van der Waals surface area contributed by atoms with Crippen molar-refractivity contribution in [3.05, 3.63) is 123 Å². The molecule has 42 nitrogen and oxygen atoms in total. The van der Waals surface area contributed by atoms with E-state index in [1.807, 2.05) is 67.3 Å². The molecule has 15 atom stereocenters. The number of ether oxygens (including phenoxy) is 3. The van der Waals surface area contributed by atoms with Gasteiger partial charge in [0.15, 0.2) is 16.8 Å². The number of piperidine rings is 1. The molecule has 8 heterocycles. The van der Waals surface area contributed by atoms with Crippen molar-refractivity contribution in [2.75, 3.05) is 114 Å². The Balaban J connectivity index is 0.614. The van der Waals surface area contributed by atoms with Crippen LogP contribution in [0.5, 0.6) is 5.75 Å². The number of fused-ring (bicyclic) bond motifs is 7. The molecule has 2 saturated heterocycles. The van der Waals surface area contributed by atoms with E-state index in [1.165, 1.54) is 66.3 Å². The number of hydrazine groups is 1. The fraction of sp³-hybridized carbons (Fsp3) is 0.551. The number of methoxy groups -OCH3 is 2. The standard InChI is InChI=1S/C89H121N21O21S2/c1-7-85(127)40-50-41-88(82(125)130-6,70-55(28-34-109(46-50)48-85)54-17-9-10-18-59(54)102-70)57-38-56-63(39-64(57)129-5)108(4)79-87(56)30-35-110-33-15-29-86(8-2,78(87)110)80(123)89(79,128)81(124)106-107-84(126)131-36-37-132-133-47-58(91)73(116)93-32-14-12-19-60(74(117)97-44-67(113)95-45-68(114)98-49(3)16-11-13-31-90)100-65(111)26-24-61(76(119)120)101-66(112)27-25-62(77(121)122)103-72(115)51-20-22-52(23-21-51)94-42-53-43-96-71-69(99-53)75(118)105-83(92)104-71/h9-10,15,17-18,20-23,29,38-39,43,49-50,58,60-62,78-80,94,102,123,127-128H,7-8,11-14,16,19,24-28,30-37,40-42,44-48,90-91H2,1-6H3,(H,93,116)(H,95,113)(H,97,117)(H,98,114)(H,100,111)(H,101,112)(H,103,115)(H,106,124)(H,107,126)(H,119,120)(H,121,122)(H3,92,96,104,105,118)/t49-,50-,58+,60+,61+,62+,78+,79-,80-,85+,86-,87-,88+,89+/m1/s1. The number of aliphatic hydroxyl groups excluding tert-OH is 1. The lowest BCUT2D eigenvalue weighted by molar-refractivity contribution is -0.204. The Morgan fingerprint density at radius 3 is 2.17 bits per heavy atom. The molecule has 0 radical (unpaired) electrons. The number of carbonyl (C=O) groups excluding carboxylic acids is 10. The summed E-state index contributed by atoms with van der Waals surface area (Å²) in [4.78, 5) is 199. The van der Waals surface area contributed by atoms with E-state index < -0.39 is 185 Å². The molecule has 1 saturated carbocycles. The minimum absolute atomic E-state index is 0.0233. The summed E-state index contributed by atoms with van der Waals surface area (Å²) in [6.07, 6.45) is 5.18. The van der Waals surface area contributed by atoms with Crippen LogP contribution in [0, 0.1) is 11.3 Å². The number of nitrogens with one attached hydrogen (secondary N) is 12. The first kappa shape index (κ1) is 100. The third-order valence-corrected chi connectivity index (χ3v) is 28.9. The van der Waals surface area contributed by atoms with Gasteiger partial charge in [-0.1, -0.05) is 72.2 Å². The molecule has 3 aromatic heterocycles. The molecule has 2 bridgehead atoms. The SMILES string of the molecule is CC[C@]1(O)C[C@H]2CN(CCc3c([nH]c4ccccc34)[C@@](C(=O)OC)(c3cc4c(cc3OC)N(C)[C@H]3[C@@](O)(C(=O)NNC(=O)OCCSSC[C@H](N)C(=O)NCCCC[C@H](NC(=O)CC[C@H](NC(=O)CC[C@H](NC(=O)c5ccc(NCc6cnc7nc(N)[nH]c(=O)c7n6)cc5)C(=O)O)C(=O)O)C(=O)NCC(=O)NCC(=O)N[C@H](C)CCCCN)[C@H](O)[C@]5(CC)C=CCN6CC[C@]43[C@@H]65)C2)C1. The number of anilines is 3. The molecule has 9 amide bonds. The Morgan fingerprint density at radius 2 is 1.47 bits per heavy atom. The number of nitrogens with zero attached hydrogens (tertiary/aromatic N) is 6. The zero-order chi connectivity index (χ0) is 95.9. The highest BCUT2D eigenvalue weighted by Gasteiger charge is 2.79. The zero-order valence-electron chi connectivity index (χ0n) is 75.2. The lowest BCUT2D eigenvalue weighted by atomic mass is 9.47. The van der Waals surface area contributed by atoms with Gasteiger partial charge in [0.25, 0.3) is 17.4 Å². The quantitative estimate of drug-likeness (QED) is 0.00818. The number of para-hydroxylation sites is 1. The molecule has 12 rings (SSSR count). The highest BCUT2D eigenvalue weighted by Crippen LogP contribution is 2.68. The Morgan fingerprint density at radius 1 is 0.752 bits per heavy atom. The van der Waals surface area contributed by atoms with Crippen LogP contribution in [-0.2, 0) is 81.2 Å². The number of aromatic nitrogens is 5. The molecule has 1 unspecified atom stereocenters. The van der Waals surface area contributed by atoms with E-state index >= 15 is 9.59 Å². The molecule has 5 aliphatic heterocycles. The van der Waals surface area contributed by atoms with Crippen LogP contribution >= 0.6 is 21.6 Å². The van der Waals surface area contributed by atoms with Crippen molar-refractivity contribution in [2.24, 2.45) is 22.8 Å². The number of benzene rings is 3. The summed E-state index contributed by atoms with van der Waals surface area (Å²) in [5, 5.41) is 80.6. The van der Waals surface area contributed by atoms with Gasteiger partial charge in [0.1, 0.15) is 42.0 Å². The topological polar surface area (TPSA) is 629 Å². The smallest absolute Gasteiger partial charge is 0.426 e. The number of nitrogen functional groups attached to an aromatic ring is 1. The van der Waals surface area contributed by atoms with Gasteiger partial charge in [0.2, 0.25) is 41.4 Å². The van der Waals surface area contributed by atoms with Crippen molar-refractivity contribution in [3.8, 4) is 5.75 Å². The van der Waals surface area contributed by atoms with Gasteiger partial charge in [-0.05, 0) is 157 Å². The summed E-state index contributed by atoms with van der Waals surface area (Å²) < 4.78 is 17.9. The normalized spacial score (nSPS) is 23.7. The van der Waals surface area contributed by atoms with Crippen molar-refractivity contribution in [1.29, 1.82) is 0 Å². The minimum atomic E-state index is -2.66. The van der Waals surface area contributed by atoms with Crippen LogP contribution in [0.1, 0.15) is 156 Å². The van der Waals surface area contributed by atoms with E-state index in [0.717, 1.165) is 34.9 Å². The first-order valence-corrected chi connectivity index (χ1v) is 47.3. The molecule has 6 aliphatic rings. The maximum atomic E-state index is 15.6. The Bertz CT molecular complexity index is 5400. The number of H-pyrrole nitrogens is 2. The number of hydrogen-bond donors (Lipinski definition) is 20. The van der Waals surface area contributed by atoms with Gasteiger partial charge < -0.3 is 109 Å². The number of likely N-dealkylation sites (N-methyl/N-ethyl adjacent to an activating group) is 1. The predicted octanol–water partition coefficient (Wildman–Crippen LogP) is 0.584. The Labute approximate surface area is 774 Å². The second-order valence-electron chi connectivity index (χ2n) is 35.0. The molecule has 6 aromatic rings. The van der Waals surface area contributed by atoms with Crippen molar-refractivity contribution in [3.63, 3.8) is 0 Å².